The number of nitrogens with one attached hydrogen (secondary N) is 2. The van der Waals surface area contributed by atoms with Crippen LogP contribution in [0.25, 0.3) is 16.6 Å². The molecule has 0 unspecified atom stereocenters. The summed E-state index contributed by atoms with van der Waals surface area (Å²) in [5.41, 5.74) is 1.91. The van der Waals surface area contributed by atoms with Gasteiger partial charge in [0, 0.05) is 18.9 Å². The molecule has 8 heteroatoms. The number of nitrogens with zero attached hydrogens (tertiary/aromatic N) is 4. The van der Waals surface area contributed by atoms with E-state index in [9.17, 15) is 9.59 Å². The van der Waals surface area contributed by atoms with Crippen molar-refractivity contribution in [2.75, 3.05) is 0 Å². The molecule has 118 valence electrons. The first-order valence-electron chi connectivity index (χ1n) is 7.27. The Balaban J connectivity index is 1.73. The van der Waals surface area contributed by atoms with Crippen LogP contribution >= 0.6 is 0 Å². The normalized spacial score (nSPS) is 11.0. The monoisotopic (exact) mass is 320 g/mol. The summed E-state index contributed by atoms with van der Waals surface area (Å²) in [6.45, 7) is 0.311. The molecule has 0 aliphatic heterocycles. The van der Waals surface area contributed by atoms with Crippen LogP contribution in [0.2, 0.25) is 0 Å². The van der Waals surface area contributed by atoms with Crippen molar-refractivity contribution in [2.24, 2.45) is 0 Å². The van der Waals surface area contributed by atoms with Gasteiger partial charge in [-0.05, 0) is 29.8 Å². The molecule has 8 nitrogen and oxygen atoms in total. The maximum absolute atomic E-state index is 12.4. The van der Waals surface area contributed by atoms with Crippen molar-refractivity contribution in [3.8, 4) is 0 Å². The van der Waals surface area contributed by atoms with Crippen LogP contribution in [0.15, 0.2) is 53.6 Å². The molecule has 0 saturated carbocycles. The Morgan fingerprint density at radius 3 is 2.79 bits per heavy atom. The van der Waals surface area contributed by atoms with Gasteiger partial charge in [0.25, 0.3) is 11.5 Å². The first-order valence-corrected chi connectivity index (χ1v) is 7.27. The molecule has 0 spiro atoms. The van der Waals surface area contributed by atoms with E-state index in [2.05, 4.69) is 25.6 Å². The highest BCUT2D eigenvalue weighted by molar-refractivity contribution is 5.99. The number of amides is 1. The Bertz CT molecular complexity index is 1100. The molecule has 3 heterocycles. The summed E-state index contributed by atoms with van der Waals surface area (Å²) in [4.78, 5) is 31.4. The predicted molar refractivity (Wildman–Crippen MR) is 86.5 cm³/mol. The van der Waals surface area contributed by atoms with E-state index < -0.39 is 11.5 Å². The molecule has 2 N–H and O–H groups in total. The molecule has 4 aromatic rings. The Labute approximate surface area is 135 Å². The van der Waals surface area contributed by atoms with Gasteiger partial charge < -0.3 is 10.3 Å². The quantitative estimate of drug-likeness (QED) is 0.583. The van der Waals surface area contributed by atoms with E-state index in [4.69, 9.17) is 0 Å². The highest BCUT2D eigenvalue weighted by Gasteiger charge is 2.19. The van der Waals surface area contributed by atoms with Crippen molar-refractivity contribution in [3.63, 3.8) is 0 Å². The largest absolute Gasteiger partial charge is 0.346 e. The van der Waals surface area contributed by atoms with Gasteiger partial charge in [0.1, 0.15) is 0 Å². The minimum atomic E-state index is -0.456. The van der Waals surface area contributed by atoms with Crippen LogP contribution in [-0.2, 0) is 6.54 Å². The topological polar surface area (TPSA) is 105 Å². The molecule has 0 fully saturated rings. The number of aromatic amines is 1. The molecule has 3 aromatic heterocycles. The maximum Gasteiger partial charge on any atom is 0.277 e. The highest BCUT2D eigenvalue weighted by Crippen LogP contribution is 2.12. The predicted octanol–water partition coefficient (Wildman–Crippen LogP) is 0.896. The smallest absolute Gasteiger partial charge is 0.277 e. The Morgan fingerprint density at radius 2 is 1.96 bits per heavy atom. The van der Waals surface area contributed by atoms with Gasteiger partial charge in [0.2, 0.25) is 0 Å². The lowest BCUT2D eigenvalue weighted by Gasteiger charge is -2.03. The van der Waals surface area contributed by atoms with E-state index in [1.165, 1.54) is 4.52 Å². The van der Waals surface area contributed by atoms with Gasteiger partial charge in [-0.25, -0.2) is 4.52 Å². The summed E-state index contributed by atoms with van der Waals surface area (Å²) in [5, 5.41) is 10.6. The summed E-state index contributed by atoms with van der Waals surface area (Å²) in [6, 6.07) is 10.8. The van der Waals surface area contributed by atoms with Crippen LogP contribution in [0, 0.1) is 0 Å². The number of benzene rings is 1. The third-order valence-corrected chi connectivity index (χ3v) is 3.68. The molecule has 0 aliphatic rings. The third-order valence-electron chi connectivity index (χ3n) is 3.68. The fourth-order valence-corrected chi connectivity index (χ4v) is 2.52. The minimum Gasteiger partial charge on any atom is -0.346 e. The zero-order valence-electron chi connectivity index (χ0n) is 12.4. The number of carbonyl (C=O) groups excluding carboxylic acids is 1. The molecule has 0 saturated heterocycles. The van der Waals surface area contributed by atoms with E-state index >= 15 is 0 Å². The van der Waals surface area contributed by atoms with Crippen molar-refractivity contribution in [3.05, 3.63) is 70.4 Å². The zero-order chi connectivity index (χ0) is 16.5. The summed E-state index contributed by atoms with van der Waals surface area (Å²) in [6.07, 6.45) is 3.29. The number of para-hydroxylation sites is 2. The van der Waals surface area contributed by atoms with Gasteiger partial charge in [0.15, 0.2) is 11.2 Å². The van der Waals surface area contributed by atoms with Gasteiger partial charge >= 0.3 is 0 Å². The summed E-state index contributed by atoms with van der Waals surface area (Å²) in [5.74, 6) is -0.456. The van der Waals surface area contributed by atoms with Crippen LogP contribution in [-0.4, -0.2) is 30.7 Å². The first-order chi connectivity index (χ1) is 11.7. The van der Waals surface area contributed by atoms with E-state index in [-0.39, 0.29) is 11.2 Å². The van der Waals surface area contributed by atoms with E-state index in [1.807, 2.05) is 12.1 Å². The van der Waals surface area contributed by atoms with Crippen molar-refractivity contribution < 1.29 is 4.79 Å². The second-order valence-electron chi connectivity index (χ2n) is 5.21. The molecule has 0 aliphatic carbocycles. The van der Waals surface area contributed by atoms with Gasteiger partial charge in [-0.1, -0.05) is 17.3 Å². The first kappa shape index (κ1) is 14.1. The number of fused-ring (bicyclic) bond motifs is 3. The lowest BCUT2D eigenvalue weighted by Crippen LogP contribution is -2.25. The average Bonchev–Trinajstić information content (AvgIpc) is 3.07. The number of H-pyrrole nitrogens is 1. The lowest BCUT2D eigenvalue weighted by molar-refractivity contribution is 0.0947. The number of hydrogen-bond donors (Lipinski definition) is 2. The molecule has 0 atom stereocenters. The zero-order valence-corrected chi connectivity index (χ0v) is 12.4. The summed E-state index contributed by atoms with van der Waals surface area (Å²) < 4.78 is 1.38. The Kier molecular flexibility index (Phi) is 3.27. The second-order valence-corrected chi connectivity index (χ2v) is 5.21. The number of carbonyl (C=O) groups is 1. The Hall–Kier alpha value is -3.55. The number of aromatic nitrogens is 5. The van der Waals surface area contributed by atoms with Crippen LogP contribution < -0.4 is 10.9 Å². The highest BCUT2D eigenvalue weighted by atomic mass is 16.2. The molecular formula is C16H12N6O2. The standard InChI is InChI=1S/C16H12N6O2/c23-15(18-9-10-5-7-17-8-6-10)13-14-16(24)19-11-3-1-2-4-12(11)22(14)21-20-13/h1-8H,9H2,(H,18,23)(H,19,24). The SMILES string of the molecule is O=C(NCc1ccncc1)c1nnn2c1c(=O)[nH]c1ccccc12. The number of rotatable bonds is 3. The van der Waals surface area contributed by atoms with Gasteiger partial charge in [-0.15, -0.1) is 5.10 Å². The van der Waals surface area contributed by atoms with Crippen molar-refractivity contribution >= 4 is 22.5 Å². The van der Waals surface area contributed by atoms with E-state index in [1.54, 1.807) is 36.7 Å². The van der Waals surface area contributed by atoms with E-state index in [0.29, 0.717) is 17.6 Å². The maximum atomic E-state index is 12.4. The fourth-order valence-electron chi connectivity index (χ4n) is 2.52. The minimum absolute atomic E-state index is 0.00365. The number of pyridine rings is 1. The van der Waals surface area contributed by atoms with Crippen LogP contribution in [0.4, 0.5) is 0 Å². The molecule has 1 amide bonds. The molecule has 0 bridgehead atoms. The molecule has 1 aromatic carbocycles. The van der Waals surface area contributed by atoms with Crippen molar-refractivity contribution in [2.45, 2.75) is 6.54 Å². The second kappa shape index (κ2) is 5.58. The van der Waals surface area contributed by atoms with Crippen molar-refractivity contribution in [1.29, 1.82) is 0 Å². The third kappa shape index (κ3) is 2.30. The van der Waals surface area contributed by atoms with Crippen LogP contribution in [0.3, 0.4) is 0 Å². The Morgan fingerprint density at radius 1 is 1.17 bits per heavy atom. The van der Waals surface area contributed by atoms with Gasteiger partial charge in [-0.2, -0.15) is 0 Å². The molecule has 24 heavy (non-hydrogen) atoms. The lowest BCUT2D eigenvalue weighted by atomic mass is 10.2. The molecule has 0 radical (unpaired) electrons. The number of hydrogen-bond acceptors (Lipinski definition) is 5. The average molecular weight is 320 g/mol. The van der Waals surface area contributed by atoms with Crippen molar-refractivity contribution in [1.82, 2.24) is 30.1 Å². The van der Waals surface area contributed by atoms with Crippen LogP contribution in [0.5, 0.6) is 0 Å². The van der Waals surface area contributed by atoms with Gasteiger partial charge in [-0.3, -0.25) is 14.6 Å². The summed E-state index contributed by atoms with van der Waals surface area (Å²) in [7, 11) is 0. The van der Waals surface area contributed by atoms with E-state index in [0.717, 1.165) is 5.56 Å². The molecule has 4 rings (SSSR count). The van der Waals surface area contributed by atoms with Gasteiger partial charge in [0.05, 0.1) is 11.0 Å². The fraction of sp³-hybridized carbons (Fsp3) is 0.0625. The molecular weight excluding hydrogens is 308 g/mol. The van der Waals surface area contributed by atoms with Crippen LogP contribution in [0.1, 0.15) is 16.1 Å². The summed E-state index contributed by atoms with van der Waals surface area (Å²) >= 11 is 0.